The number of halogens is 1. The van der Waals surface area contributed by atoms with Gasteiger partial charge in [0.2, 0.25) is 0 Å². The number of carboxylic acid groups (broad SMARTS) is 1. The van der Waals surface area contributed by atoms with Crippen LogP contribution in [0.4, 0.5) is 0 Å². The SMILES string of the molecule is O=C(O)CCC(I)n1c(O)ccc1O. The molecule has 0 aliphatic heterocycles. The van der Waals surface area contributed by atoms with E-state index in [9.17, 15) is 15.0 Å². The molecule has 1 atom stereocenters. The average molecular weight is 311 g/mol. The van der Waals surface area contributed by atoms with E-state index in [-0.39, 0.29) is 22.2 Å². The zero-order chi connectivity index (χ0) is 10.7. The fourth-order valence-electron chi connectivity index (χ4n) is 1.09. The monoisotopic (exact) mass is 311 g/mol. The van der Waals surface area contributed by atoms with E-state index in [1.54, 1.807) is 0 Å². The first-order valence-electron chi connectivity index (χ1n) is 3.97. The second kappa shape index (κ2) is 4.54. The lowest BCUT2D eigenvalue weighted by Crippen LogP contribution is -2.04. The minimum absolute atomic E-state index is 0.00463. The molecule has 1 unspecified atom stereocenters. The van der Waals surface area contributed by atoms with E-state index in [0.29, 0.717) is 6.42 Å². The van der Waals surface area contributed by atoms with E-state index in [2.05, 4.69) is 0 Å². The summed E-state index contributed by atoms with van der Waals surface area (Å²) in [5, 5.41) is 27.1. The van der Waals surface area contributed by atoms with Gasteiger partial charge in [-0.15, -0.1) is 0 Å². The number of aliphatic carboxylic acids is 1. The highest BCUT2D eigenvalue weighted by Gasteiger charge is 2.15. The number of hydrogen-bond donors (Lipinski definition) is 3. The molecule has 0 aromatic carbocycles. The van der Waals surface area contributed by atoms with Gasteiger partial charge in [-0.3, -0.25) is 9.36 Å². The molecule has 0 spiro atoms. The molecule has 0 amide bonds. The molecule has 3 N–H and O–H groups in total. The van der Waals surface area contributed by atoms with Crippen molar-refractivity contribution in [2.24, 2.45) is 0 Å². The van der Waals surface area contributed by atoms with Crippen molar-refractivity contribution in [2.75, 3.05) is 0 Å². The van der Waals surface area contributed by atoms with Crippen LogP contribution in [0.25, 0.3) is 0 Å². The Bertz CT molecular complexity index is 317. The van der Waals surface area contributed by atoms with Crippen molar-refractivity contribution in [3.63, 3.8) is 0 Å². The molecule has 0 aliphatic carbocycles. The van der Waals surface area contributed by atoms with Crippen molar-refractivity contribution in [3.05, 3.63) is 12.1 Å². The topological polar surface area (TPSA) is 82.7 Å². The third-order valence-corrected chi connectivity index (χ3v) is 2.93. The van der Waals surface area contributed by atoms with Gasteiger partial charge in [0, 0.05) is 18.6 Å². The summed E-state index contributed by atoms with van der Waals surface area (Å²) in [5.41, 5.74) is 0. The van der Waals surface area contributed by atoms with Crippen LogP contribution < -0.4 is 0 Å². The molecular weight excluding hydrogens is 301 g/mol. The Hall–Kier alpha value is -0.920. The molecule has 6 heteroatoms. The molecule has 1 heterocycles. The van der Waals surface area contributed by atoms with Crippen molar-refractivity contribution >= 4 is 28.6 Å². The highest BCUT2D eigenvalue weighted by molar-refractivity contribution is 14.1. The lowest BCUT2D eigenvalue weighted by atomic mass is 10.3. The van der Waals surface area contributed by atoms with Gasteiger partial charge in [0.1, 0.15) is 0 Å². The Labute approximate surface area is 94.1 Å². The van der Waals surface area contributed by atoms with Gasteiger partial charge >= 0.3 is 5.97 Å². The Morgan fingerprint density at radius 1 is 1.43 bits per heavy atom. The first-order valence-corrected chi connectivity index (χ1v) is 5.22. The van der Waals surface area contributed by atoms with Crippen molar-refractivity contribution in [1.29, 1.82) is 0 Å². The summed E-state index contributed by atoms with van der Waals surface area (Å²) in [4.78, 5) is 10.3. The van der Waals surface area contributed by atoms with E-state index in [1.165, 1.54) is 16.7 Å². The van der Waals surface area contributed by atoms with Gasteiger partial charge in [0.05, 0.1) is 4.05 Å². The second-order valence-corrected chi connectivity index (χ2v) is 4.22. The molecule has 1 aromatic heterocycles. The van der Waals surface area contributed by atoms with E-state index in [1.807, 2.05) is 22.6 Å². The van der Waals surface area contributed by atoms with Gasteiger partial charge in [-0.25, -0.2) is 0 Å². The number of hydrogen-bond acceptors (Lipinski definition) is 3. The van der Waals surface area contributed by atoms with Gasteiger partial charge in [0.25, 0.3) is 0 Å². The highest BCUT2D eigenvalue weighted by Crippen LogP contribution is 2.33. The van der Waals surface area contributed by atoms with Crippen LogP contribution in [0.2, 0.25) is 0 Å². The first-order chi connectivity index (χ1) is 6.52. The first kappa shape index (κ1) is 11.2. The van der Waals surface area contributed by atoms with Gasteiger partial charge < -0.3 is 15.3 Å². The van der Waals surface area contributed by atoms with Crippen LogP contribution in [-0.4, -0.2) is 25.9 Å². The van der Waals surface area contributed by atoms with Gasteiger partial charge in [0.15, 0.2) is 11.8 Å². The Morgan fingerprint density at radius 2 is 1.93 bits per heavy atom. The molecule has 0 fully saturated rings. The number of carbonyl (C=O) groups is 1. The number of carboxylic acids is 1. The van der Waals surface area contributed by atoms with Crippen LogP contribution >= 0.6 is 22.6 Å². The minimum Gasteiger partial charge on any atom is -0.494 e. The number of aromatic hydroxyl groups is 2. The normalized spacial score (nSPS) is 12.6. The molecule has 1 rings (SSSR count). The number of aromatic nitrogens is 1. The van der Waals surface area contributed by atoms with Crippen LogP contribution in [0.3, 0.4) is 0 Å². The van der Waals surface area contributed by atoms with Gasteiger partial charge in [-0.1, -0.05) is 22.6 Å². The number of nitrogens with zero attached hydrogens (tertiary/aromatic N) is 1. The molecule has 0 saturated carbocycles. The van der Waals surface area contributed by atoms with Crippen LogP contribution in [0.1, 0.15) is 16.9 Å². The Kier molecular flexibility index (Phi) is 3.62. The minimum atomic E-state index is -0.891. The summed E-state index contributed by atoms with van der Waals surface area (Å²) in [6.45, 7) is 0. The average Bonchev–Trinajstić information content (AvgIpc) is 2.42. The van der Waals surface area contributed by atoms with E-state index in [0.717, 1.165) is 0 Å². The maximum Gasteiger partial charge on any atom is 0.303 e. The quantitative estimate of drug-likeness (QED) is 0.584. The van der Waals surface area contributed by atoms with Crippen molar-refractivity contribution < 1.29 is 20.1 Å². The largest absolute Gasteiger partial charge is 0.494 e. The van der Waals surface area contributed by atoms with E-state index < -0.39 is 5.97 Å². The Balaban J connectivity index is 2.69. The highest BCUT2D eigenvalue weighted by atomic mass is 127. The van der Waals surface area contributed by atoms with Crippen molar-refractivity contribution in [1.82, 2.24) is 4.57 Å². The zero-order valence-corrected chi connectivity index (χ0v) is 9.38. The molecule has 1 aromatic rings. The predicted molar refractivity (Wildman–Crippen MR) is 57.7 cm³/mol. The van der Waals surface area contributed by atoms with Crippen molar-refractivity contribution in [3.8, 4) is 11.8 Å². The lowest BCUT2D eigenvalue weighted by Gasteiger charge is -2.12. The standard InChI is InChI=1S/C8H10INO4/c9-5(1-4-8(13)14)10-6(11)2-3-7(10)12/h2-3,5,11-12H,1,4H2,(H,13,14). The summed E-state index contributed by atoms with van der Waals surface area (Å²) < 4.78 is 1.02. The molecule has 0 aliphatic rings. The van der Waals surface area contributed by atoms with E-state index in [4.69, 9.17) is 5.11 Å². The molecular formula is C8H10INO4. The summed E-state index contributed by atoms with van der Waals surface area (Å²) in [6.07, 6.45) is 0.358. The third kappa shape index (κ3) is 2.53. The molecule has 0 bridgehead atoms. The summed E-state index contributed by atoms with van der Waals surface area (Å²) in [7, 11) is 0. The van der Waals surface area contributed by atoms with Crippen LogP contribution in [0, 0.1) is 0 Å². The van der Waals surface area contributed by atoms with Crippen molar-refractivity contribution in [2.45, 2.75) is 16.9 Å². The van der Waals surface area contributed by atoms with Gasteiger partial charge in [-0.05, 0) is 6.42 Å². The fraction of sp³-hybridized carbons (Fsp3) is 0.375. The molecule has 0 saturated heterocycles. The van der Waals surface area contributed by atoms with E-state index >= 15 is 0 Å². The second-order valence-electron chi connectivity index (χ2n) is 2.79. The zero-order valence-electron chi connectivity index (χ0n) is 7.22. The predicted octanol–water partition coefficient (Wildman–Crippen LogP) is 1.70. The molecule has 0 radical (unpaired) electrons. The third-order valence-electron chi connectivity index (χ3n) is 1.75. The molecule has 5 nitrogen and oxygen atoms in total. The number of rotatable bonds is 4. The Morgan fingerprint density at radius 3 is 2.36 bits per heavy atom. The fourth-order valence-corrected chi connectivity index (χ4v) is 1.97. The summed E-state index contributed by atoms with van der Waals surface area (Å²) >= 11 is 1.97. The molecule has 14 heavy (non-hydrogen) atoms. The maximum atomic E-state index is 10.3. The smallest absolute Gasteiger partial charge is 0.303 e. The molecule has 78 valence electrons. The van der Waals surface area contributed by atoms with Crippen LogP contribution in [0.15, 0.2) is 12.1 Å². The maximum absolute atomic E-state index is 10.3. The van der Waals surface area contributed by atoms with Crippen LogP contribution in [0.5, 0.6) is 11.8 Å². The summed E-state index contributed by atoms with van der Waals surface area (Å²) in [5.74, 6) is -1.02. The van der Waals surface area contributed by atoms with Crippen LogP contribution in [-0.2, 0) is 4.79 Å². The van der Waals surface area contributed by atoms with Gasteiger partial charge in [-0.2, -0.15) is 0 Å². The number of alkyl halides is 1. The summed E-state index contributed by atoms with van der Waals surface area (Å²) in [6, 6.07) is 2.73. The lowest BCUT2D eigenvalue weighted by molar-refractivity contribution is -0.137.